The van der Waals surface area contributed by atoms with E-state index in [9.17, 15) is 5.11 Å². The second kappa shape index (κ2) is 2.83. The summed E-state index contributed by atoms with van der Waals surface area (Å²) >= 11 is 0. The minimum atomic E-state index is -0.00329. The van der Waals surface area contributed by atoms with E-state index in [0.717, 1.165) is 6.42 Å². The van der Waals surface area contributed by atoms with Crippen LogP contribution in [0.25, 0.3) is 0 Å². The van der Waals surface area contributed by atoms with Crippen LogP contribution in [0.15, 0.2) is 24.3 Å². The SMILES string of the molecule is CC1(CO)Cc2ccccc2C1(C)C. The molecular formula is C13H18O. The van der Waals surface area contributed by atoms with E-state index in [4.69, 9.17) is 0 Å². The summed E-state index contributed by atoms with van der Waals surface area (Å²) < 4.78 is 0. The van der Waals surface area contributed by atoms with E-state index in [0.29, 0.717) is 0 Å². The molecule has 0 aliphatic heterocycles. The topological polar surface area (TPSA) is 20.2 Å². The van der Waals surface area contributed by atoms with E-state index in [1.54, 1.807) is 0 Å². The van der Waals surface area contributed by atoms with Crippen molar-refractivity contribution in [2.45, 2.75) is 32.6 Å². The van der Waals surface area contributed by atoms with E-state index < -0.39 is 0 Å². The van der Waals surface area contributed by atoms with Gasteiger partial charge in [-0.3, -0.25) is 0 Å². The summed E-state index contributed by atoms with van der Waals surface area (Å²) in [5, 5.41) is 9.53. The summed E-state index contributed by atoms with van der Waals surface area (Å²) in [5.74, 6) is 0. The van der Waals surface area contributed by atoms with E-state index in [1.165, 1.54) is 11.1 Å². The third kappa shape index (κ3) is 1.05. The summed E-state index contributed by atoms with van der Waals surface area (Å²) in [6, 6.07) is 8.54. The highest BCUT2D eigenvalue weighted by molar-refractivity contribution is 5.41. The smallest absolute Gasteiger partial charge is 0.0496 e. The molecule has 1 aliphatic rings. The van der Waals surface area contributed by atoms with Gasteiger partial charge in [0.2, 0.25) is 0 Å². The molecule has 1 heteroatoms. The van der Waals surface area contributed by atoms with Crippen molar-refractivity contribution < 1.29 is 5.11 Å². The first-order chi connectivity index (χ1) is 6.51. The van der Waals surface area contributed by atoms with Gasteiger partial charge in [0.25, 0.3) is 0 Å². The third-order valence-corrected chi connectivity index (χ3v) is 4.13. The molecule has 14 heavy (non-hydrogen) atoms. The highest BCUT2D eigenvalue weighted by atomic mass is 16.3. The number of aliphatic hydroxyl groups is 1. The Morgan fingerprint density at radius 3 is 2.43 bits per heavy atom. The Morgan fingerprint density at radius 1 is 1.21 bits per heavy atom. The minimum Gasteiger partial charge on any atom is -0.396 e. The van der Waals surface area contributed by atoms with Crippen molar-refractivity contribution in [3.05, 3.63) is 35.4 Å². The van der Waals surface area contributed by atoms with Crippen molar-refractivity contribution in [2.75, 3.05) is 6.61 Å². The molecule has 1 N–H and O–H groups in total. The zero-order chi connectivity index (χ0) is 10.4. The van der Waals surface area contributed by atoms with E-state index in [2.05, 4.69) is 45.0 Å². The fourth-order valence-corrected chi connectivity index (χ4v) is 2.50. The lowest BCUT2D eigenvalue weighted by atomic mass is 9.68. The predicted molar refractivity (Wildman–Crippen MR) is 58.4 cm³/mol. The van der Waals surface area contributed by atoms with E-state index in [1.807, 2.05) is 0 Å². The molecule has 76 valence electrons. The first-order valence-electron chi connectivity index (χ1n) is 5.20. The van der Waals surface area contributed by atoms with Crippen LogP contribution in [0.2, 0.25) is 0 Å². The molecule has 0 saturated heterocycles. The van der Waals surface area contributed by atoms with Gasteiger partial charge in [0, 0.05) is 12.0 Å². The minimum absolute atomic E-state index is 0.00329. The molecule has 0 radical (unpaired) electrons. The maximum absolute atomic E-state index is 9.53. The molecule has 1 nitrogen and oxygen atoms in total. The van der Waals surface area contributed by atoms with Crippen LogP contribution in [0.5, 0.6) is 0 Å². The highest BCUT2D eigenvalue weighted by Crippen LogP contribution is 2.50. The maximum atomic E-state index is 9.53. The molecular weight excluding hydrogens is 172 g/mol. The van der Waals surface area contributed by atoms with Crippen LogP contribution >= 0.6 is 0 Å². The summed E-state index contributed by atoms with van der Waals surface area (Å²) in [6.07, 6.45) is 0.993. The zero-order valence-electron chi connectivity index (χ0n) is 9.17. The Morgan fingerprint density at radius 2 is 1.86 bits per heavy atom. The average Bonchev–Trinajstić information content (AvgIpc) is 2.37. The van der Waals surface area contributed by atoms with Crippen molar-refractivity contribution in [1.29, 1.82) is 0 Å². The lowest BCUT2D eigenvalue weighted by molar-refractivity contribution is 0.0854. The Labute approximate surface area is 85.8 Å². The second-order valence-electron chi connectivity index (χ2n) is 5.18. The molecule has 1 aromatic rings. The van der Waals surface area contributed by atoms with Gasteiger partial charge in [0.05, 0.1) is 0 Å². The third-order valence-electron chi connectivity index (χ3n) is 4.13. The summed E-state index contributed by atoms with van der Waals surface area (Å²) in [4.78, 5) is 0. The molecule has 0 amide bonds. The Kier molecular flexibility index (Phi) is 1.97. The van der Waals surface area contributed by atoms with Gasteiger partial charge < -0.3 is 5.11 Å². The van der Waals surface area contributed by atoms with Crippen LogP contribution in [0.3, 0.4) is 0 Å². The molecule has 0 heterocycles. The number of rotatable bonds is 1. The monoisotopic (exact) mass is 190 g/mol. The van der Waals surface area contributed by atoms with Gasteiger partial charge in [0.1, 0.15) is 0 Å². The van der Waals surface area contributed by atoms with E-state index >= 15 is 0 Å². The lowest BCUT2D eigenvalue weighted by Crippen LogP contribution is -2.38. The number of benzene rings is 1. The van der Waals surface area contributed by atoms with Crippen molar-refractivity contribution in [3.63, 3.8) is 0 Å². The van der Waals surface area contributed by atoms with Gasteiger partial charge in [-0.05, 0) is 23.0 Å². The molecule has 0 saturated carbocycles. The molecule has 1 aromatic carbocycles. The van der Waals surface area contributed by atoms with Crippen LogP contribution in [0.1, 0.15) is 31.9 Å². The molecule has 1 atom stereocenters. The zero-order valence-corrected chi connectivity index (χ0v) is 9.17. The molecule has 0 fully saturated rings. The first-order valence-corrected chi connectivity index (χ1v) is 5.20. The highest BCUT2D eigenvalue weighted by Gasteiger charge is 2.47. The standard InChI is InChI=1S/C13H18O/c1-12(2)11-7-5-4-6-10(11)8-13(12,3)9-14/h4-7,14H,8-9H2,1-3H3. The molecule has 0 bridgehead atoms. The summed E-state index contributed by atoms with van der Waals surface area (Å²) in [7, 11) is 0. The molecule has 1 unspecified atom stereocenters. The first kappa shape index (κ1) is 9.72. The molecule has 0 spiro atoms. The largest absolute Gasteiger partial charge is 0.396 e. The van der Waals surface area contributed by atoms with Crippen molar-refractivity contribution in [1.82, 2.24) is 0 Å². The van der Waals surface area contributed by atoms with Crippen molar-refractivity contribution in [3.8, 4) is 0 Å². The lowest BCUT2D eigenvalue weighted by Gasteiger charge is -2.37. The number of aliphatic hydroxyl groups excluding tert-OH is 1. The number of hydrogen-bond acceptors (Lipinski definition) is 1. The Bertz CT molecular complexity index is 354. The molecule has 1 aliphatic carbocycles. The number of hydrogen-bond donors (Lipinski definition) is 1. The summed E-state index contributed by atoms with van der Waals surface area (Å²) in [5.41, 5.74) is 2.88. The van der Waals surface area contributed by atoms with E-state index in [-0.39, 0.29) is 17.4 Å². The fraction of sp³-hybridized carbons (Fsp3) is 0.538. The predicted octanol–water partition coefficient (Wildman–Crippen LogP) is 2.52. The van der Waals surface area contributed by atoms with Gasteiger partial charge in [-0.2, -0.15) is 0 Å². The van der Waals surface area contributed by atoms with Gasteiger partial charge in [-0.1, -0.05) is 45.0 Å². The average molecular weight is 190 g/mol. The number of fused-ring (bicyclic) bond motifs is 1. The van der Waals surface area contributed by atoms with Gasteiger partial charge in [-0.15, -0.1) is 0 Å². The quantitative estimate of drug-likeness (QED) is 0.721. The van der Waals surface area contributed by atoms with Crippen molar-refractivity contribution >= 4 is 0 Å². The normalized spacial score (nSPS) is 28.9. The van der Waals surface area contributed by atoms with Crippen LogP contribution in [0, 0.1) is 5.41 Å². The molecule has 0 aromatic heterocycles. The van der Waals surface area contributed by atoms with Crippen LogP contribution in [-0.4, -0.2) is 11.7 Å². The molecule has 2 rings (SSSR count). The van der Waals surface area contributed by atoms with Crippen LogP contribution in [0.4, 0.5) is 0 Å². The van der Waals surface area contributed by atoms with Gasteiger partial charge in [0.15, 0.2) is 0 Å². The summed E-state index contributed by atoms with van der Waals surface area (Å²) in [6.45, 7) is 6.89. The van der Waals surface area contributed by atoms with Gasteiger partial charge in [-0.25, -0.2) is 0 Å². The Balaban J connectivity index is 2.56. The van der Waals surface area contributed by atoms with Crippen LogP contribution < -0.4 is 0 Å². The van der Waals surface area contributed by atoms with Gasteiger partial charge >= 0.3 is 0 Å². The van der Waals surface area contributed by atoms with Crippen LogP contribution in [-0.2, 0) is 11.8 Å². The van der Waals surface area contributed by atoms with Crippen molar-refractivity contribution in [2.24, 2.45) is 5.41 Å². The second-order valence-corrected chi connectivity index (χ2v) is 5.18. The Hall–Kier alpha value is -0.820. The maximum Gasteiger partial charge on any atom is 0.0496 e. The fourth-order valence-electron chi connectivity index (χ4n) is 2.50.